The van der Waals surface area contributed by atoms with Crippen molar-refractivity contribution >= 4 is 17.1 Å². The minimum absolute atomic E-state index is 0.393. The van der Waals surface area contributed by atoms with Crippen molar-refractivity contribution in [3.8, 4) is 5.75 Å². The Morgan fingerprint density at radius 3 is 2.63 bits per heavy atom. The van der Waals surface area contributed by atoms with Gasteiger partial charge in [-0.25, -0.2) is 4.79 Å². The normalized spacial score (nSPS) is 14.2. The van der Waals surface area contributed by atoms with Crippen molar-refractivity contribution in [2.24, 2.45) is 7.05 Å². The third-order valence-corrected chi connectivity index (χ3v) is 4.91. The average Bonchev–Trinajstić information content (AvgIpc) is 3.32. The van der Waals surface area contributed by atoms with Gasteiger partial charge in [0.2, 0.25) is 5.95 Å². The molecule has 3 heterocycles. The summed E-state index contributed by atoms with van der Waals surface area (Å²) in [7, 11) is 1.63. The van der Waals surface area contributed by atoms with E-state index in [-0.39, 0.29) is 0 Å². The zero-order valence-electron chi connectivity index (χ0n) is 15.4. The SMILES string of the molecule is Cn1c(=O)[nH]c(=O)c2c1nc(N1CCCC1)n2CCCOc1ccccc1. The zero-order chi connectivity index (χ0) is 18.8. The molecule has 1 aliphatic rings. The van der Waals surface area contributed by atoms with Gasteiger partial charge in [0.25, 0.3) is 5.56 Å². The van der Waals surface area contributed by atoms with E-state index in [4.69, 9.17) is 4.74 Å². The van der Waals surface area contributed by atoms with E-state index in [1.54, 1.807) is 7.05 Å². The quantitative estimate of drug-likeness (QED) is 0.666. The molecule has 8 heteroatoms. The molecule has 0 spiro atoms. The third kappa shape index (κ3) is 3.34. The molecule has 1 N–H and O–H groups in total. The van der Waals surface area contributed by atoms with Crippen LogP contribution in [-0.2, 0) is 13.6 Å². The van der Waals surface area contributed by atoms with Gasteiger partial charge < -0.3 is 14.2 Å². The molecule has 0 aliphatic carbocycles. The number of para-hydroxylation sites is 1. The van der Waals surface area contributed by atoms with Crippen LogP contribution >= 0.6 is 0 Å². The standard InChI is InChI=1S/C19H23N5O3/c1-22-16-15(17(25)21-19(22)26)24(18(20-16)23-10-5-6-11-23)12-7-13-27-14-8-3-2-4-9-14/h2-4,8-9H,5-7,10-13H2,1H3,(H,21,25,26). The van der Waals surface area contributed by atoms with Crippen LogP contribution in [0.4, 0.5) is 5.95 Å². The Balaban J connectivity index is 1.63. The Morgan fingerprint density at radius 2 is 1.89 bits per heavy atom. The van der Waals surface area contributed by atoms with Crippen LogP contribution in [0.5, 0.6) is 5.75 Å². The van der Waals surface area contributed by atoms with E-state index in [2.05, 4.69) is 14.9 Å². The zero-order valence-corrected chi connectivity index (χ0v) is 15.4. The van der Waals surface area contributed by atoms with Crippen molar-refractivity contribution in [2.45, 2.75) is 25.8 Å². The summed E-state index contributed by atoms with van der Waals surface area (Å²) in [4.78, 5) is 33.6. The highest BCUT2D eigenvalue weighted by Gasteiger charge is 2.23. The molecule has 0 amide bonds. The second kappa shape index (κ2) is 7.30. The predicted octanol–water partition coefficient (Wildman–Crippen LogP) is 1.49. The van der Waals surface area contributed by atoms with Crippen LogP contribution < -0.4 is 20.9 Å². The minimum Gasteiger partial charge on any atom is -0.494 e. The molecule has 1 fully saturated rings. The van der Waals surface area contributed by atoms with Crippen molar-refractivity contribution in [1.82, 2.24) is 19.1 Å². The van der Waals surface area contributed by atoms with Crippen molar-refractivity contribution in [2.75, 3.05) is 24.6 Å². The lowest BCUT2D eigenvalue weighted by Gasteiger charge is -2.18. The number of nitrogens with one attached hydrogen (secondary N) is 1. The summed E-state index contributed by atoms with van der Waals surface area (Å²) in [5.74, 6) is 1.59. The lowest BCUT2D eigenvalue weighted by Crippen LogP contribution is -2.29. The van der Waals surface area contributed by atoms with E-state index in [0.717, 1.165) is 44.0 Å². The molecule has 8 nitrogen and oxygen atoms in total. The molecule has 1 saturated heterocycles. The predicted molar refractivity (Wildman–Crippen MR) is 104 cm³/mol. The summed E-state index contributed by atoms with van der Waals surface area (Å²) >= 11 is 0. The number of ether oxygens (including phenoxy) is 1. The summed E-state index contributed by atoms with van der Waals surface area (Å²) in [6.45, 7) is 2.95. The molecule has 1 aromatic carbocycles. The summed E-state index contributed by atoms with van der Waals surface area (Å²) in [6, 6.07) is 9.66. The van der Waals surface area contributed by atoms with Gasteiger partial charge in [-0.15, -0.1) is 0 Å². The maximum atomic E-state index is 12.5. The first-order chi connectivity index (χ1) is 13.1. The fourth-order valence-electron chi connectivity index (χ4n) is 3.52. The number of aromatic amines is 1. The van der Waals surface area contributed by atoms with E-state index < -0.39 is 11.2 Å². The molecule has 0 radical (unpaired) electrons. The Hall–Kier alpha value is -3.03. The topological polar surface area (TPSA) is 85.1 Å². The monoisotopic (exact) mass is 369 g/mol. The summed E-state index contributed by atoms with van der Waals surface area (Å²) in [5.41, 5.74) is 0.0286. The largest absolute Gasteiger partial charge is 0.494 e. The molecule has 3 aromatic rings. The number of rotatable bonds is 6. The molecule has 142 valence electrons. The first-order valence-electron chi connectivity index (χ1n) is 9.27. The smallest absolute Gasteiger partial charge is 0.329 e. The highest BCUT2D eigenvalue weighted by molar-refractivity contribution is 5.74. The van der Waals surface area contributed by atoms with E-state index >= 15 is 0 Å². The number of H-pyrrole nitrogens is 1. The number of hydrogen-bond acceptors (Lipinski definition) is 5. The highest BCUT2D eigenvalue weighted by Crippen LogP contribution is 2.23. The molecular formula is C19H23N5O3. The fourth-order valence-corrected chi connectivity index (χ4v) is 3.52. The van der Waals surface area contributed by atoms with Crippen LogP contribution in [0, 0.1) is 0 Å². The van der Waals surface area contributed by atoms with E-state index in [1.807, 2.05) is 34.9 Å². The van der Waals surface area contributed by atoms with Crippen molar-refractivity contribution in [3.63, 3.8) is 0 Å². The maximum Gasteiger partial charge on any atom is 0.329 e. The van der Waals surface area contributed by atoms with Crippen LogP contribution in [0.25, 0.3) is 11.2 Å². The van der Waals surface area contributed by atoms with Gasteiger partial charge in [0, 0.05) is 26.7 Å². The van der Waals surface area contributed by atoms with Gasteiger partial charge in [-0.05, 0) is 31.4 Å². The first-order valence-corrected chi connectivity index (χ1v) is 9.27. The number of hydrogen-bond donors (Lipinski definition) is 1. The molecule has 2 aromatic heterocycles. The second-order valence-corrected chi connectivity index (χ2v) is 6.76. The number of nitrogens with zero attached hydrogens (tertiary/aromatic N) is 4. The lowest BCUT2D eigenvalue weighted by molar-refractivity contribution is 0.302. The van der Waals surface area contributed by atoms with Crippen LogP contribution in [0.3, 0.4) is 0 Å². The van der Waals surface area contributed by atoms with Gasteiger partial charge in [-0.1, -0.05) is 18.2 Å². The Kier molecular flexibility index (Phi) is 4.70. The van der Waals surface area contributed by atoms with Gasteiger partial charge in [0.1, 0.15) is 5.75 Å². The van der Waals surface area contributed by atoms with Crippen molar-refractivity contribution in [3.05, 3.63) is 51.2 Å². The number of aromatic nitrogens is 4. The van der Waals surface area contributed by atoms with Crippen LogP contribution in [-0.4, -0.2) is 38.8 Å². The second-order valence-electron chi connectivity index (χ2n) is 6.76. The maximum absolute atomic E-state index is 12.5. The number of anilines is 1. The van der Waals surface area contributed by atoms with Crippen molar-refractivity contribution in [1.29, 1.82) is 0 Å². The fraction of sp³-hybridized carbons (Fsp3) is 0.421. The van der Waals surface area contributed by atoms with Crippen LogP contribution in [0.15, 0.2) is 39.9 Å². The number of fused-ring (bicyclic) bond motifs is 1. The van der Waals surface area contributed by atoms with E-state index in [1.165, 1.54) is 4.57 Å². The molecule has 0 saturated carbocycles. The molecule has 0 unspecified atom stereocenters. The summed E-state index contributed by atoms with van der Waals surface area (Å²) in [5, 5.41) is 0. The highest BCUT2D eigenvalue weighted by atomic mass is 16.5. The third-order valence-electron chi connectivity index (χ3n) is 4.91. The average molecular weight is 369 g/mol. The number of benzene rings is 1. The van der Waals surface area contributed by atoms with Gasteiger partial charge in [0.05, 0.1) is 6.61 Å². The summed E-state index contributed by atoms with van der Waals surface area (Å²) in [6.07, 6.45) is 2.94. The summed E-state index contributed by atoms with van der Waals surface area (Å²) < 4.78 is 9.09. The molecule has 27 heavy (non-hydrogen) atoms. The molecular weight excluding hydrogens is 346 g/mol. The molecule has 0 bridgehead atoms. The van der Waals surface area contributed by atoms with Crippen LogP contribution in [0.1, 0.15) is 19.3 Å². The molecule has 4 rings (SSSR count). The van der Waals surface area contributed by atoms with Gasteiger partial charge in [0.15, 0.2) is 11.2 Å². The first kappa shape index (κ1) is 17.4. The van der Waals surface area contributed by atoms with Gasteiger partial charge in [-0.2, -0.15) is 4.98 Å². The Morgan fingerprint density at radius 1 is 1.15 bits per heavy atom. The Labute approximate surface area is 156 Å². The van der Waals surface area contributed by atoms with E-state index in [0.29, 0.717) is 24.3 Å². The van der Waals surface area contributed by atoms with Gasteiger partial charge in [-0.3, -0.25) is 14.3 Å². The molecule has 1 aliphatic heterocycles. The Bertz CT molecular complexity index is 1040. The number of aryl methyl sites for hydroxylation is 2. The van der Waals surface area contributed by atoms with Crippen LogP contribution in [0.2, 0.25) is 0 Å². The van der Waals surface area contributed by atoms with Gasteiger partial charge >= 0.3 is 5.69 Å². The molecule has 0 atom stereocenters. The minimum atomic E-state index is -0.447. The van der Waals surface area contributed by atoms with Crippen molar-refractivity contribution < 1.29 is 4.74 Å². The number of imidazole rings is 1. The lowest BCUT2D eigenvalue weighted by atomic mass is 10.3. The van der Waals surface area contributed by atoms with E-state index in [9.17, 15) is 9.59 Å².